The van der Waals surface area contributed by atoms with Gasteiger partial charge in [-0.2, -0.15) is 0 Å². The average Bonchev–Trinajstić information content (AvgIpc) is 2.39. The van der Waals surface area contributed by atoms with Gasteiger partial charge in [0.2, 0.25) is 0 Å². The van der Waals surface area contributed by atoms with E-state index in [1.165, 1.54) is 5.56 Å². The van der Waals surface area contributed by atoms with Crippen molar-refractivity contribution in [1.82, 2.24) is 9.97 Å². The highest BCUT2D eigenvalue weighted by Crippen LogP contribution is 2.23. The molecule has 3 heteroatoms. The highest BCUT2D eigenvalue weighted by atomic mass is 79.9. The Balaban J connectivity index is 2.89. The minimum Gasteiger partial charge on any atom is -0.342 e. The van der Waals surface area contributed by atoms with Gasteiger partial charge >= 0.3 is 0 Å². The number of benzene rings is 1. The summed E-state index contributed by atoms with van der Waals surface area (Å²) in [5, 5.41) is 0. The minimum absolute atomic E-state index is 0.964. The Morgan fingerprint density at radius 1 is 1.33 bits per heavy atom. The van der Waals surface area contributed by atoms with Gasteiger partial charge in [-0.1, -0.05) is 15.9 Å². The van der Waals surface area contributed by atoms with E-state index in [-0.39, 0.29) is 0 Å². The molecule has 2 nitrogen and oxygen atoms in total. The van der Waals surface area contributed by atoms with E-state index in [4.69, 9.17) is 0 Å². The number of aromatic nitrogens is 2. The smallest absolute Gasteiger partial charge is 0.104 e. The van der Waals surface area contributed by atoms with Crippen molar-refractivity contribution in [2.24, 2.45) is 0 Å². The molecule has 1 aromatic carbocycles. The second-order valence-corrected chi connectivity index (χ2v) is 3.75. The van der Waals surface area contributed by atoms with E-state index in [0.717, 1.165) is 21.3 Å². The summed E-state index contributed by atoms with van der Waals surface area (Å²) in [6.45, 7) is 4.03. The van der Waals surface area contributed by atoms with Crippen molar-refractivity contribution in [2.45, 2.75) is 13.8 Å². The van der Waals surface area contributed by atoms with Crippen LogP contribution in [-0.2, 0) is 0 Å². The average molecular weight is 225 g/mol. The number of halogens is 1. The maximum Gasteiger partial charge on any atom is 0.104 e. The molecule has 0 unspecified atom stereocenters. The second-order valence-electron chi connectivity index (χ2n) is 2.89. The van der Waals surface area contributed by atoms with E-state index < -0.39 is 0 Å². The Morgan fingerprint density at radius 2 is 2.08 bits per heavy atom. The van der Waals surface area contributed by atoms with Crippen LogP contribution in [0.25, 0.3) is 11.0 Å². The number of H-pyrrole nitrogens is 1. The van der Waals surface area contributed by atoms with E-state index in [1.807, 2.05) is 19.1 Å². The van der Waals surface area contributed by atoms with Crippen LogP contribution in [0.1, 0.15) is 11.4 Å². The van der Waals surface area contributed by atoms with Crippen LogP contribution in [0.5, 0.6) is 0 Å². The summed E-state index contributed by atoms with van der Waals surface area (Å²) in [6, 6.07) is 4.07. The first-order valence-corrected chi connectivity index (χ1v) is 4.59. The molecule has 0 atom stereocenters. The monoisotopic (exact) mass is 224 g/mol. The molecular weight excluding hydrogens is 216 g/mol. The Morgan fingerprint density at radius 3 is 2.83 bits per heavy atom. The maximum atomic E-state index is 4.39. The van der Waals surface area contributed by atoms with Crippen molar-refractivity contribution in [2.75, 3.05) is 0 Å². The molecule has 1 aromatic heterocycles. The van der Waals surface area contributed by atoms with Crippen molar-refractivity contribution in [3.63, 3.8) is 0 Å². The number of imidazole rings is 1. The number of hydrogen-bond acceptors (Lipinski definition) is 1. The summed E-state index contributed by atoms with van der Waals surface area (Å²) in [4.78, 5) is 7.58. The molecule has 1 heterocycles. The van der Waals surface area contributed by atoms with Gasteiger partial charge in [-0.05, 0) is 31.5 Å². The molecular formula is C9H9BrN2. The number of fused-ring (bicyclic) bond motifs is 1. The fraction of sp³-hybridized carbons (Fsp3) is 0.222. The van der Waals surface area contributed by atoms with Crippen LogP contribution in [0.2, 0.25) is 0 Å². The number of aryl methyl sites for hydroxylation is 2. The number of aromatic amines is 1. The second kappa shape index (κ2) is 2.59. The number of nitrogens with one attached hydrogen (secondary N) is 1. The van der Waals surface area contributed by atoms with Gasteiger partial charge in [0.05, 0.1) is 11.0 Å². The SMILES string of the molecule is Cc1nc2c(C)c(Br)ccc2[nH]1. The molecule has 0 aliphatic heterocycles. The van der Waals surface area contributed by atoms with Crippen LogP contribution in [0.3, 0.4) is 0 Å². The van der Waals surface area contributed by atoms with Gasteiger partial charge in [-0.25, -0.2) is 4.98 Å². The zero-order valence-electron chi connectivity index (χ0n) is 6.98. The molecule has 0 aliphatic rings. The molecule has 0 radical (unpaired) electrons. The van der Waals surface area contributed by atoms with Gasteiger partial charge < -0.3 is 4.98 Å². The molecule has 0 bridgehead atoms. The number of nitrogens with zero attached hydrogens (tertiary/aromatic N) is 1. The van der Waals surface area contributed by atoms with Gasteiger partial charge in [0.25, 0.3) is 0 Å². The van der Waals surface area contributed by atoms with E-state index in [0.29, 0.717) is 0 Å². The summed E-state index contributed by atoms with van der Waals surface area (Å²) in [6.07, 6.45) is 0. The summed E-state index contributed by atoms with van der Waals surface area (Å²) in [5.41, 5.74) is 3.35. The van der Waals surface area contributed by atoms with Crippen LogP contribution < -0.4 is 0 Å². The van der Waals surface area contributed by atoms with Crippen molar-refractivity contribution in [1.29, 1.82) is 0 Å². The molecule has 2 rings (SSSR count). The predicted octanol–water partition coefficient (Wildman–Crippen LogP) is 2.94. The van der Waals surface area contributed by atoms with E-state index in [9.17, 15) is 0 Å². The van der Waals surface area contributed by atoms with Gasteiger partial charge in [0.1, 0.15) is 5.82 Å². The first-order valence-electron chi connectivity index (χ1n) is 3.80. The van der Waals surface area contributed by atoms with Crippen LogP contribution in [0, 0.1) is 13.8 Å². The maximum absolute atomic E-state index is 4.39. The van der Waals surface area contributed by atoms with Gasteiger partial charge in [-0.15, -0.1) is 0 Å². The molecule has 0 fully saturated rings. The summed E-state index contributed by atoms with van der Waals surface area (Å²) in [7, 11) is 0. The normalized spacial score (nSPS) is 10.9. The molecule has 2 aromatic rings. The lowest BCUT2D eigenvalue weighted by atomic mass is 10.2. The van der Waals surface area contributed by atoms with Gasteiger partial charge in [0, 0.05) is 4.47 Å². The molecule has 0 spiro atoms. The Hall–Kier alpha value is -0.830. The van der Waals surface area contributed by atoms with E-state index in [1.54, 1.807) is 0 Å². The molecule has 62 valence electrons. The molecule has 12 heavy (non-hydrogen) atoms. The van der Waals surface area contributed by atoms with Crippen molar-refractivity contribution < 1.29 is 0 Å². The molecule has 0 saturated heterocycles. The van der Waals surface area contributed by atoms with Crippen LogP contribution in [0.15, 0.2) is 16.6 Å². The van der Waals surface area contributed by atoms with Crippen molar-refractivity contribution in [3.05, 3.63) is 28.0 Å². The van der Waals surface area contributed by atoms with Crippen LogP contribution in [0.4, 0.5) is 0 Å². The fourth-order valence-electron chi connectivity index (χ4n) is 1.31. The van der Waals surface area contributed by atoms with Gasteiger partial charge in [-0.3, -0.25) is 0 Å². The summed E-state index contributed by atoms with van der Waals surface area (Å²) >= 11 is 3.47. The number of rotatable bonds is 0. The van der Waals surface area contributed by atoms with Gasteiger partial charge in [0.15, 0.2) is 0 Å². The Labute approximate surface area is 79.1 Å². The topological polar surface area (TPSA) is 28.7 Å². The largest absolute Gasteiger partial charge is 0.342 e. The van der Waals surface area contributed by atoms with Crippen molar-refractivity contribution >= 4 is 27.0 Å². The lowest BCUT2D eigenvalue weighted by Gasteiger charge is -1.96. The zero-order valence-corrected chi connectivity index (χ0v) is 8.57. The van der Waals surface area contributed by atoms with E-state index in [2.05, 4.69) is 32.8 Å². The van der Waals surface area contributed by atoms with Crippen LogP contribution >= 0.6 is 15.9 Å². The lowest BCUT2D eigenvalue weighted by Crippen LogP contribution is -1.78. The lowest BCUT2D eigenvalue weighted by molar-refractivity contribution is 1.17. The molecule has 1 N–H and O–H groups in total. The zero-order chi connectivity index (χ0) is 8.72. The quantitative estimate of drug-likeness (QED) is 0.733. The Kier molecular flexibility index (Phi) is 1.68. The van der Waals surface area contributed by atoms with Crippen LogP contribution in [-0.4, -0.2) is 9.97 Å². The van der Waals surface area contributed by atoms with E-state index >= 15 is 0 Å². The van der Waals surface area contributed by atoms with Crippen molar-refractivity contribution in [3.8, 4) is 0 Å². The standard InChI is InChI=1S/C9H9BrN2/c1-5-7(10)3-4-8-9(5)12-6(2)11-8/h3-4H,1-2H3,(H,11,12). The third-order valence-corrected chi connectivity index (χ3v) is 2.82. The third-order valence-electron chi connectivity index (χ3n) is 1.96. The third kappa shape index (κ3) is 1.05. The molecule has 0 saturated carbocycles. The number of hydrogen-bond donors (Lipinski definition) is 1. The molecule has 0 aliphatic carbocycles. The Bertz CT molecular complexity index is 431. The summed E-state index contributed by atoms with van der Waals surface area (Å²) < 4.78 is 1.11. The highest BCUT2D eigenvalue weighted by Gasteiger charge is 2.04. The predicted molar refractivity (Wildman–Crippen MR) is 53.3 cm³/mol. The molecule has 0 amide bonds. The minimum atomic E-state index is 0.964. The summed E-state index contributed by atoms with van der Waals surface area (Å²) in [5.74, 6) is 0.964. The highest BCUT2D eigenvalue weighted by molar-refractivity contribution is 9.10. The first kappa shape index (κ1) is 7.80. The fourth-order valence-corrected chi connectivity index (χ4v) is 1.63. The first-order chi connectivity index (χ1) is 5.68.